The maximum absolute atomic E-state index is 12.5. The Hall–Kier alpha value is -2.37. The van der Waals surface area contributed by atoms with Crippen LogP contribution in [0.5, 0.6) is 0 Å². The number of pyridine rings is 1. The van der Waals surface area contributed by atoms with Crippen molar-refractivity contribution in [3.8, 4) is 17.2 Å². The molecular formula is C21H23Cl2N5O2. The van der Waals surface area contributed by atoms with Crippen molar-refractivity contribution in [2.75, 3.05) is 20.1 Å². The highest BCUT2D eigenvalue weighted by molar-refractivity contribution is 6.44. The van der Waals surface area contributed by atoms with Gasteiger partial charge in [0.2, 0.25) is 0 Å². The molecule has 1 aromatic heterocycles. The molecule has 1 aliphatic heterocycles. The molecule has 9 heteroatoms. The number of rotatable bonds is 4. The predicted octanol–water partition coefficient (Wildman–Crippen LogP) is 4.48. The summed E-state index contributed by atoms with van der Waals surface area (Å²) in [6.45, 7) is 3.43. The van der Waals surface area contributed by atoms with E-state index < -0.39 is 12.1 Å². The first-order valence-electron chi connectivity index (χ1n) is 9.62. The fraction of sp³-hybridized carbons (Fsp3) is 0.381. The maximum Gasteiger partial charge on any atom is 0.341 e. The molecule has 1 unspecified atom stereocenters. The van der Waals surface area contributed by atoms with Crippen LogP contribution >= 0.6 is 23.2 Å². The Balaban J connectivity index is 1.74. The van der Waals surface area contributed by atoms with Crippen LogP contribution in [0.15, 0.2) is 30.6 Å². The van der Waals surface area contributed by atoms with Crippen LogP contribution in [0.3, 0.4) is 0 Å². The third kappa shape index (κ3) is 4.85. The molecule has 30 heavy (non-hydrogen) atoms. The number of amides is 2. The summed E-state index contributed by atoms with van der Waals surface area (Å²) in [6.07, 6.45) is 4.50. The number of nitrogens with zero attached hydrogens (tertiary/aromatic N) is 4. The van der Waals surface area contributed by atoms with Gasteiger partial charge in [0.05, 0.1) is 27.7 Å². The number of likely N-dealkylation sites (tertiary alicyclic amines) is 1. The van der Waals surface area contributed by atoms with Crippen molar-refractivity contribution >= 4 is 29.2 Å². The van der Waals surface area contributed by atoms with Gasteiger partial charge in [-0.15, -0.1) is 0 Å². The third-order valence-electron chi connectivity index (χ3n) is 5.34. The van der Waals surface area contributed by atoms with Gasteiger partial charge >= 0.3 is 6.03 Å². The number of hydroxylamine groups is 2. The molecule has 2 amide bonds. The molecule has 3 rings (SSSR count). The number of carbonyl (C=O) groups excluding carboxylic acids is 1. The Morgan fingerprint density at radius 1 is 1.33 bits per heavy atom. The first-order valence-corrected chi connectivity index (χ1v) is 10.4. The summed E-state index contributed by atoms with van der Waals surface area (Å²) in [4.78, 5) is 18.7. The Morgan fingerprint density at radius 2 is 2.03 bits per heavy atom. The fourth-order valence-electron chi connectivity index (χ4n) is 3.50. The molecule has 1 atom stereocenters. The zero-order chi connectivity index (χ0) is 21.8. The first kappa shape index (κ1) is 22.3. The normalized spacial score (nSPS) is 16.0. The number of hydrogen-bond donors (Lipinski definition) is 2. The van der Waals surface area contributed by atoms with E-state index >= 15 is 0 Å². The highest BCUT2D eigenvalue weighted by Crippen LogP contribution is 2.38. The SMILES string of the molecule is CC(NC(=O)N(O)C1CCN(C)CC1)c1ccc(-c2cncc(C#N)c2)c(Cl)c1Cl. The maximum atomic E-state index is 12.5. The lowest BCUT2D eigenvalue weighted by atomic mass is 10.0. The van der Waals surface area contributed by atoms with Crippen LogP contribution in [0.25, 0.3) is 11.1 Å². The van der Waals surface area contributed by atoms with Crippen LogP contribution in [-0.4, -0.2) is 52.4 Å². The zero-order valence-corrected chi connectivity index (χ0v) is 18.3. The van der Waals surface area contributed by atoms with E-state index in [9.17, 15) is 10.0 Å². The Labute approximate surface area is 185 Å². The molecule has 2 N–H and O–H groups in total. The van der Waals surface area contributed by atoms with Gasteiger partial charge in [0.15, 0.2) is 0 Å². The van der Waals surface area contributed by atoms with Gasteiger partial charge in [-0.2, -0.15) is 5.26 Å². The van der Waals surface area contributed by atoms with Crippen molar-refractivity contribution in [2.24, 2.45) is 0 Å². The minimum absolute atomic E-state index is 0.213. The summed E-state index contributed by atoms with van der Waals surface area (Å²) in [5.41, 5.74) is 2.36. The summed E-state index contributed by atoms with van der Waals surface area (Å²) >= 11 is 13.0. The lowest BCUT2D eigenvalue weighted by molar-refractivity contribution is -0.0919. The van der Waals surface area contributed by atoms with E-state index in [1.807, 2.05) is 13.1 Å². The van der Waals surface area contributed by atoms with E-state index in [-0.39, 0.29) is 6.04 Å². The van der Waals surface area contributed by atoms with E-state index in [0.717, 1.165) is 18.2 Å². The molecule has 1 aromatic carbocycles. The van der Waals surface area contributed by atoms with E-state index in [2.05, 4.69) is 15.2 Å². The first-order chi connectivity index (χ1) is 14.3. The van der Waals surface area contributed by atoms with E-state index in [1.54, 1.807) is 31.3 Å². The number of nitrogens with one attached hydrogen (secondary N) is 1. The second-order valence-electron chi connectivity index (χ2n) is 7.45. The van der Waals surface area contributed by atoms with Crippen molar-refractivity contribution < 1.29 is 10.0 Å². The van der Waals surface area contributed by atoms with Crippen LogP contribution in [0.1, 0.15) is 36.9 Å². The Morgan fingerprint density at radius 3 is 2.70 bits per heavy atom. The second kappa shape index (κ2) is 9.63. The van der Waals surface area contributed by atoms with Crippen molar-refractivity contribution in [3.05, 3.63) is 51.8 Å². The molecule has 0 spiro atoms. The van der Waals surface area contributed by atoms with Crippen LogP contribution in [0, 0.1) is 11.3 Å². The molecule has 1 aliphatic rings. The van der Waals surface area contributed by atoms with Gasteiger partial charge in [0, 0.05) is 23.5 Å². The fourth-order valence-corrected chi connectivity index (χ4v) is 4.11. The number of carbonyl (C=O) groups is 1. The minimum Gasteiger partial charge on any atom is -0.330 e. The largest absolute Gasteiger partial charge is 0.341 e. The smallest absolute Gasteiger partial charge is 0.330 e. The third-order valence-corrected chi connectivity index (χ3v) is 6.24. The average molecular weight is 448 g/mol. The molecule has 7 nitrogen and oxygen atoms in total. The Kier molecular flexibility index (Phi) is 7.16. The van der Waals surface area contributed by atoms with Gasteiger partial charge in [-0.1, -0.05) is 35.3 Å². The second-order valence-corrected chi connectivity index (χ2v) is 8.21. The summed E-state index contributed by atoms with van der Waals surface area (Å²) in [5.74, 6) is 0. The summed E-state index contributed by atoms with van der Waals surface area (Å²) < 4.78 is 0. The van der Waals surface area contributed by atoms with Gasteiger partial charge in [-0.3, -0.25) is 10.2 Å². The lowest BCUT2D eigenvalue weighted by Crippen LogP contribution is -2.48. The van der Waals surface area contributed by atoms with E-state index in [1.165, 1.54) is 6.20 Å². The molecule has 0 radical (unpaired) electrons. The molecule has 158 valence electrons. The highest BCUT2D eigenvalue weighted by atomic mass is 35.5. The summed E-state index contributed by atoms with van der Waals surface area (Å²) in [7, 11) is 2.02. The molecule has 1 saturated heterocycles. The number of piperidine rings is 1. The highest BCUT2D eigenvalue weighted by Gasteiger charge is 2.27. The quantitative estimate of drug-likeness (QED) is 0.532. The van der Waals surface area contributed by atoms with Gasteiger partial charge in [-0.05, 0) is 51.5 Å². The zero-order valence-electron chi connectivity index (χ0n) is 16.8. The monoisotopic (exact) mass is 447 g/mol. The Bertz CT molecular complexity index is 970. The van der Waals surface area contributed by atoms with Gasteiger partial charge in [0.25, 0.3) is 0 Å². The molecule has 0 saturated carbocycles. The summed E-state index contributed by atoms with van der Waals surface area (Å²) in [6, 6.07) is 6.02. The molecule has 0 bridgehead atoms. The minimum atomic E-state index is -0.570. The van der Waals surface area contributed by atoms with Crippen molar-refractivity contribution in [1.29, 1.82) is 5.26 Å². The lowest BCUT2D eigenvalue weighted by Gasteiger charge is -2.34. The van der Waals surface area contributed by atoms with E-state index in [0.29, 0.717) is 45.1 Å². The van der Waals surface area contributed by atoms with Crippen LogP contribution in [-0.2, 0) is 0 Å². The van der Waals surface area contributed by atoms with E-state index in [4.69, 9.17) is 28.5 Å². The molecule has 1 fully saturated rings. The molecule has 2 heterocycles. The number of halogens is 2. The number of nitriles is 1. The molecule has 0 aliphatic carbocycles. The van der Waals surface area contributed by atoms with Gasteiger partial charge in [-0.25, -0.2) is 9.86 Å². The number of aromatic nitrogens is 1. The van der Waals surface area contributed by atoms with Crippen molar-refractivity contribution in [2.45, 2.75) is 31.8 Å². The standard InChI is InChI=1S/C21H23Cl2N5O2/c1-13(26-21(29)28(30)16-5-7-27(2)8-6-16)17-3-4-18(20(23)19(17)22)15-9-14(10-24)11-25-12-15/h3-4,9,11-13,16,30H,5-8H2,1-2H3,(H,26,29). The van der Waals surface area contributed by atoms with Crippen molar-refractivity contribution in [3.63, 3.8) is 0 Å². The van der Waals surface area contributed by atoms with Gasteiger partial charge in [0.1, 0.15) is 6.07 Å². The van der Waals surface area contributed by atoms with Crippen LogP contribution in [0.2, 0.25) is 10.0 Å². The van der Waals surface area contributed by atoms with Crippen LogP contribution in [0.4, 0.5) is 4.79 Å². The summed E-state index contributed by atoms with van der Waals surface area (Å²) in [5, 5.41) is 23.5. The van der Waals surface area contributed by atoms with Gasteiger partial charge < -0.3 is 10.2 Å². The number of benzene rings is 1. The predicted molar refractivity (Wildman–Crippen MR) is 115 cm³/mol. The number of hydrogen-bond acceptors (Lipinski definition) is 5. The average Bonchev–Trinajstić information content (AvgIpc) is 2.75. The molecular weight excluding hydrogens is 425 g/mol. The van der Waals surface area contributed by atoms with Crippen molar-refractivity contribution in [1.82, 2.24) is 20.3 Å². The van der Waals surface area contributed by atoms with Crippen LogP contribution < -0.4 is 5.32 Å². The molecule has 2 aromatic rings. The number of urea groups is 1. The topological polar surface area (TPSA) is 92.5 Å².